The van der Waals surface area contributed by atoms with Gasteiger partial charge in [0.15, 0.2) is 0 Å². The van der Waals surface area contributed by atoms with E-state index in [0.29, 0.717) is 28.8 Å². The maximum absolute atomic E-state index is 5.58. The van der Waals surface area contributed by atoms with E-state index in [2.05, 4.69) is 20.1 Å². The Labute approximate surface area is 109 Å². The van der Waals surface area contributed by atoms with Gasteiger partial charge in [0.25, 0.3) is 5.89 Å². The zero-order chi connectivity index (χ0) is 13.2. The number of rotatable bonds is 2. The molecule has 0 amide bonds. The van der Waals surface area contributed by atoms with Crippen molar-refractivity contribution in [3.05, 3.63) is 42.2 Å². The minimum absolute atomic E-state index is 0.346. The number of nitrogens with zero attached hydrogens (tertiary/aromatic N) is 4. The average Bonchev–Trinajstić information content (AvgIpc) is 2.89. The fraction of sp³-hybridized carbons (Fsp3) is 0.0769. The highest BCUT2D eigenvalue weighted by molar-refractivity contribution is 5.55. The second-order valence-electron chi connectivity index (χ2n) is 4.12. The Kier molecular flexibility index (Phi) is 2.68. The predicted molar refractivity (Wildman–Crippen MR) is 69.9 cm³/mol. The van der Waals surface area contributed by atoms with E-state index < -0.39 is 0 Å². The first-order valence-corrected chi connectivity index (χ1v) is 5.71. The molecule has 2 N–H and O–H groups in total. The van der Waals surface area contributed by atoms with Gasteiger partial charge in [-0.1, -0.05) is 5.16 Å². The van der Waals surface area contributed by atoms with E-state index in [0.717, 1.165) is 5.56 Å². The molecule has 0 saturated heterocycles. The molecule has 3 aromatic rings. The van der Waals surface area contributed by atoms with Crippen molar-refractivity contribution in [3.8, 4) is 23.1 Å². The summed E-state index contributed by atoms with van der Waals surface area (Å²) in [6.07, 6.45) is 3.26. The van der Waals surface area contributed by atoms with Gasteiger partial charge in [0.05, 0.1) is 11.9 Å². The molecule has 0 radical (unpaired) electrons. The standard InChI is InChI=1S/C13H11N5O/c1-8-4-5-15-11(6-8)12-17-13(19-18-12)10-3-2-9(14)7-16-10/h2-7H,14H2,1H3. The van der Waals surface area contributed by atoms with Crippen molar-refractivity contribution in [1.29, 1.82) is 0 Å². The van der Waals surface area contributed by atoms with Gasteiger partial charge in [-0.25, -0.2) is 4.98 Å². The Balaban J connectivity index is 1.97. The van der Waals surface area contributed by atoms with Crippen LogP contribution >= 0.6 is 0 Å². The maximum Gasteiger partial charge on any atom is 0.276 e. The summed E-state index contributed by atoms with van der Waals surface area (Å²) in [7, 11) is 0. The topological polar surface area (TPSA) is 90.7 Å². The van der Waals surface area contributed by atoms with Gasteiger partial charge in [-0.05, 0) is 36.8 Å². The van der Waals surface area contributed by atoms with Crippen LogP contribution in [0.4, 0.5) is 5.69 Å². The van der Waals surface area contributed by atoms with Crippen molar-refractivity contribution in [1.82, 2.24) is 20.1 Å². The number of anilines is 1. The summed E-state index contributed by atoms with van der Waals surface area (Å²) in [6.45, 7) is 1.98. The first-order chi connectivity index (χ1) is 9.22. The van der Waals surface area contributed by atoms with E-state index in [4.69, 9.17) is 10.3 Å². The fourth-order valence-electron chi connectivity index (χ4n) is 1.62. The summed E-state index contributed by atoms with van der Waals surface area (Å²) in [5.41, 5.74) is 8.51. The predicted octanol–water partition coefficient (Wildman–Crippen LogP) is 2.08. The molecule has 0 aliphatic heterocycles. The number of aryl methyl sites for hydroxylation is 1. The van der Waals surface area contributed by atoms with E-state index in [1.165, 1.54) is 0 Å². The van der Waals surface area contributed by atoms with Crippen LogP contribution in [0.5, 0.6) is 0 Å². The monoisotopic (exact) mass is 253 g/mol. The molecule has 94 valence electrons. The average molecular weight is 253 g/mol. The van der Waals surface area contributed by atoms with E-state index in [-0.39, 0.29) is 0 Å². The minimum Gasteiger partial charge on any atom is -0.397 e. The Morgan fingerprint density at radius 3 is 2.74 bits per heavy atom. The molecule has 6 heteroatoms. The summed E-state index contributed by atoms with van der Waals surface area (Å²) in [5.74, 6) is 0.788. The first kappa shape index (κ1) is 11.3. The van der Waals surface area contributed by atoms with Crippen molar-refractivity contribution in [2.75, 3.05) is 5.73 Å². The van der Waals surface area contributed by atoms with Crippen molar-refractivity contribution in [2.24, 2.45) is 0 Å². The molecular formula is C13H11N5O. The molecule has 0 bridgehead atoms. The Morgan fingerprint density at radius 2 is 2.00 bits per heavy atom. The van der Waals surface area contributed by atoms with E-state index >= 15 is 0 Å². The van der Waals surface area contributed by atoms with Gasteiger partial charge in [-0.15, -0.1) is 0 Å². The van der Waals surface area contributed by atoms with Crippen LogP contribution in [0.2, 0.25) is 0 Å². The number of pyridine rings is 2. The van der Waals surface area contributed by atoms with Crippen LogP contribution < -0.4 is 5.73 Å². The second-order valence-corrected chi connectivity index (χ2v) is 4.12. The highest BCUT2D eigenvalue weighted by Gasteiger charge is 2.12. The van der Waals surface area contributed by atoms with Crippen LogP contribution in [-0.4, -0.2) is 20.1 Å². The fourth-order valence-corrected chi connectivity index (χ4v) is 1.62. The lowest BCUT2D eigenvalue weighted by molar-refractivity contribution is 0.431. The number of hydrogen-bond acceptors (Lipinski definition) is 6. The molecule has 0 unspecified atom stereocenters. The van der Waals surface area contributed by atoms with Crippen molar-refractivity contribution < 1.29 is 4.52 Å². The SMILES string of the molecule is Cc1ccnc(-c2noc(-c3ccc(N)cn3)n2)c1. The third-order valence-electron chi connectivity index (χ3n) is 2.58. The van der Waals surface area contributed by atoms with Gasteiger partial charge in [-0.3, -0.25) is 4.98 Å². The maximum atomic E-state index is 5.58. The summed E-state index contributed by atoms with van der Waals surface area (Å²) in [6, 6.07) is 7.27. The molecule has 0 fully saturated rings. The summed E-state index contributed by atoms with van der Waals surface area (Å²) >= 11 is 0. The highest BCUT2D eigenvalue weighted by Crippen LogP contribution is 2.20. The summed E-state index contributed by atoms with van der Waals surface area (Å²) in [4.78, 5) is 12.6. The molecular weight excluding hydrogens is 242 g/mol. The molecule has 6 nitrogen and oxygen atoms in total. The molecule has 3 aromatic heterocycles. The van der Waals surface area contributed by atoms with Gasteiger partial charge in [0, 0.05) is 6.20 Å². The smallest absolute Gasteiger partial charge is 0.276 e. The molecule has 3 rings (SSSR count). The number of nitrogens with two attached hydrogens (primary N) is 1. The van der Waals surface area contributed by atoms with Crippen LogP contribution in [0.1, 0.15) is 5.56 Å². The third-order valence-corrected chi connectivity index (χ3v) is 2.58. The molecule has 3 heterocycles. The minimum atomic E-state index is 0.346. The Morgan fingerprint density at radius 1 is 1.11 bits per heavy atom. The number of nitrogen functional groups attached to an aromatic ring is 1. The molecule has 19 heavy (non-hydrogen) atoms. The van der Waals surface area contributed by atoms with Crippen molar-refractivity contribution in [2.45, 2.75) is 6.92 Å². The number of hydrogen-bond donors (Lipinski definition) is 1. The lowest BCUT2D eigenvalue weighted by atomic mass is 10.2. The van der Waals surface area contributed by atoms with Gasteiger partial charge in [0.1, 0.15) is 11.4 Å². The van der Waals surface area contributed by atoms with Crippen LogP contribution in [0.3, 0.4) is 0 Å². The summed E-state index contributed by atoms with van der Waals surface area (Å²) in [5, 5.41) is 3.91. The lowest BCUT2D eigenvalue weighted by Crippen LogP contribution is -1.89. The molecule has 0 spiro atoms. The highest BCUT2D eigenvalue weighted by atomic mass is 16.5. The quantitative estimate of drug-likeness (QED) is 0.751. The number of aromatic nitrogens is 4. The zero-order valence-electron chi connectivity index (χ0n) is 10.2. The molecule has 0 aliphatic carbocycles. The van der Waals surface area contributed by atoms with Crippen LogP contribution in [-0.2, 0) is 0 Å². The van der Waals surface area contributed by atoms with Crippen LogP contribution in [0.15, 0.2) is 41.2 Å². The van der Waals surface area contributed by atoms with Crippen LogP contribution in [0.25, 0.3) is 23.1 Å². The van der Waals surface area contributed by atoms with Crippen molar-refractivity contribution in [3.63, 3.8) is 0 Å². The molecule has 0 saturated carbocycles. The third kappa shape index (κ3) is 2.28. The molecule has 0 aliphatic rings. The zero-order valence-corrected chi connectivity index (χ0v) is 10.2. The van der Waals surface area contributed by atoms with Crippen molar-refractivity contribution >= 4 is 5.69 Å². The molecule has 0 aromatic carbocycles. The largest absolute Gasteiger partial charge is 0.397 e. The molecule has 0 atom stereocenters. The van der Waals surface area contributed by atoms with Gasteiger partial charge in [-0.2, -0.15) is 4.98 Å². The van der Waals surface area contributed by atoms with Crippen LogP contribution in [0, 0.1) is 6.92 Å². The summed E-state index contributed by atoms with van der Waals surface area (Å²) < 4.78 is 5.18. The Bertz CT molecular complexity index is 705. The second kappa shape index (κ2) is 4.49. The normalized spacial score (nSPS) is 10.6. The van der Waals surface area contributed by atoms with E-state index in [9.17, 15) is 0 Å². The Hall–Kier alpha value is -2.76. The lowest BCUT2D eigenvalue weighted by Gasteiger charge is -1.95. The van der Waals surface area contributed by atoms with Gasteiger partial charge >= 0.3 is 0 Å². The van der Waals surface area contributed by atoms with E-state index in [1.807, 2.05) is 19.1 Å². The van der Waals surface area contributed by atoms with Gasteiger partial charge < -0.3 is 10.3 Å². The van der Waals surface area contributed by atoms with E-state index in [1.54, 1.807) is 24.5 Å². The van der Waals surface area contributed by atoms with Gasteiger partial charge in [0.2, 0.25) is 5.82 Å². The first-order valence-electron chi connectivity index (χ1n) is 5.71.